The second-order valence-corrected chi connectivity index (χ2v) is 7.88. The van der Waals surface area contributed by atoms with Crippen LogP contribution < -0.4 is 4.74 Å². The molecule has 4 nitrogen and oxygen atoms in total. The number of hydrogen-bond acceptors (Lipinski definition) is 3. The predicted octanol–water partition coefficient (Wildman–Crippen LogP) is 5.32. The highest BCUT2D eigenvalue weighted by atomic mass is 35.5. The van der Waals surface area contributed by atoms with Gasteiger partial charge in [-0.05, 0) is 87.1 Å². The first-order valence-electron chi connectivity index (χ1n) is 9.87. The molecule has 0 aliphatic rings. The van der Waals surface area contributed by atoms with Crippen molar-refractivity contribution in [2.45, 2.75) is 53.5 Å². The molecule has 0 unspecified atom stereocenters. The zero-order chi connectivity index (χ0) is 20.3. The van der Waals surface area contributed by atoms with Gasteiger partial charge in [-0.2, -0.15) is 0 Å². The first-order valence-corrected chi connectivity index (χ1v) is 10.2. The number of aliphatic hydroxyl groups is 1. The van der Waals surface area contributed by atoms with Gasteiger partial charge in [-0.1, -0.05) is 11.6 Å². The second-order valence-electron chi connectivity index (χ2n) is 7.51. The minimum absolute atomic E-state index is 0.111. The third-order valence-corrected chi connectivity index (χ3v) is 5.83. The van der Waals surface area contributed by atoms with Crippen LogP contribution in [0, 0.1) is 27.7 Å². The van der Waals surface area contributed by atoms with Gasteiger partial charge in [0.25, 0.3) is 0 Å². The van der Waals surface area contributed by atoms with Crippen LogP contribution in [0.5, 0.6) is 5.75 Å². The Morgan fingerprint density at radius 1 is 0.964 bits per heavy atom. The fourth-order valence-corrected chi connectivity index (χ4v) is 3.63. The lowest BCUT2D eigenvalue weighted by Crippen LogP contribution is -2.07. The Bertz CT molecular complexity index is 955. The standard InChI is InChI=1S/C23H29ClN2O2/c1-15-13-20-21(14-16(15)2)26(22(25-20)7-9-27)8-5-6-10-28-19-11-17(3)23(24)18(4)12-19/h11-14,27H,5-10H2,1-4H3. The van der Waals surface area contributed by atoms with Gasteiger partial charge >= 0.3 is 0 Å². The Kier molecular flexibility index (Phi) is 6.63. The van der Waals surface area contributed by atoms with E-state index in [2.05, 4.69) is 30.5 Å². The van der Waals surface area contributed by atoms with Gasteiger partial charge in [0.1, 0.15) is 11.6 Å². The van der Waals surface area contributed by atoms with Crippen LogP contribution >= 0.6 is 11.6 Å². The molecular formula is C23H29ClN2O2. The average molecular weight is 401 g/mol. The van der Waals surface area contributed by atoms with E-state index >= 15 is 0 Å². The van der Waals surface area contributed by atoms with Crippen molar-refractivity contribution in [2.24, 2.45) is 0 Å². The first-order chi connectivity index (χ1) is 13.4. The molecule has 28 heavy (non-hydrogen) atoms. The first kappa shape index (κ1) is 20.7. The maximum Gasteiger partial charge on any atom is 0.119 e. The highest BCUT2D eigenvalue weighted by Crippen LogP contribution is 2.26. The molecule has 1 heterocycles. The van der Waals surface area contributed by atoms with Crippen LogP contribution in [0.1, 0.15) is 40.9 Å². The van der Waals surface area contributed by atoms with Crippen molar-refractivity contribution in [3.63, 3.8) is 0 Å². The molecule has 0 aliphatic carbocycles. The van der Waals surface area contributed by atoms with E-state index in [0.717, 1.165) is 58.1 Å². The normalized spacial score (nSPS) is 11.4. The molecule has 0 amide bonds. The largest absolute Gasteiger partial charge is 0.494 e. The predicted molar refractivity (Wildman–Crippen MR) is 116 cm³/mol. The van der Waals surface area contributed by atoms with Crippen LogP contribution in [-0.2, 0) is 13.0 Å². The molecule has 0 spiro atoms. The molecule has 1 N–H and O–H groups in total. The molecular weight excluding hydrogens is 372 g/mol. The number of aromatic nitrogens is 2. The van der Waals surface area contributed by atoms with Gasteiger partial charge in [-0.3, -0.25) is 0 Å². The van der Waals surface area contributed by atoms with Gasteiger partial charge in [0, 0.05) is 18.0 Å². The fourth-order valence-electron chi connectivity index (χ4n) is 3.52. The Labute approximate surface area is 172 Å². The van der Waals surface area contributed by atoms with Gasteiger partial charge < -0.3 is 14.4 Å². The number of ether oxygens (including phenoxy) is 1. The van der Waals surface area contributed by atoms with Gasteiger partial charge in [-0.25, -0.2) is 4.98 Å². The SMILES string of the molecule is Cc1cc2nc(CCO)n(CCCCOc3cc(C)c(Cl)c(C)c3)c2cc1C. The molecule has 2 aromatic carbocycles. The smallest absolute Gasteiger partial charge is 0.119 e. The van der Waals surface area contributed by atoms with Crippen molar-refractivity contribution in [3.05, 3.63) is 57.4 Å². The summed E-state index contributed by atoms with van der Waals surface area (Å²) in [4.78, 5) is 4.74. The maximum atomic E-state index is 9.40. The number of hydrogen-bond donors (Lipinski definition) is 1. The summed E-state index contributed by atoms with van der Waals surface area (Å²) in [5.41, 5.74) is 6.75. The molecule has 0 aliphatic heterocycles. The van der Waals surface area contributed by atoms with Crippen LogP contribution in [0.2, 0.25) is 5.02 Å². The van der Waals surface area contributed by atoms with Crippen molar-refractivity contribution in [3.8, 4) is 5.75 Å². The lowest BCUT2D eigenvalue weighted by molar-refractivity contribution is 0.292. The van der Waals surface area contributed by atoms with Crippen molar-refractivity contribution in [2.75, 3.05) is 13.2 Å². The number of fused-ring (bicyclic) bond motifs is 1. The summed E-state index contributed by atoms with van der Waals surface area (Å²) < 4.78 is 8.16. The molecule has 0 saturated heterocycles. The van der Waals surface area contributed by atoms with Crippen molar-refractivity contribution < 1.29 is 9.84 Å². The minimum Gasteiger partial charge on any atom is -0.494 e. The zero-order valence-electron chi connectivity index (χ0n) is 17.2. The van der Waals surface area contributed by atoms with Gasteiger partial charge in [-0.15, -0.1) is 0 Å². The summed E-state index contributed by atoms with van der Waals surface area (Å²) in [7, 11) is 0. The number of halogens is 1. The van der Waals surface area contributed by atoms with E-state index in [9.17, 15) is 5.11 Å². The zero-order valence-corrected chi connectivity index (χ0v) is 17.9. The summed E-state index contributed by atoms with van der Waals surface area (Å²) in [5, 5.41) is 10.2. The van der Waals surface area contributed by atoms with Crippen LogP contribution in [0.3, 0.4) is 0 Å². The second kappa shape index (κ2) is 8.97. The third-order valence-electron chi connectivity index (χ3n) is 5.23. The number of imidazole rings is 1. The van der Waals surface area contributed by atoms with E-state index in [-0.39, 0.29) is 6.61 Å². The quantitative estimate of drug-likeness (QED) is 0.520. The van der Waals surface area contributed by atoms with Crippen molar-refractivity contribution in [1.82, 2.24) is 9.55 Å². The molecule has 1 aromatic heterocycles. The molecule has 0 fully saturated rings. The average Bonchev–Trinajstić information content (AvgIpc) is 2.96. The topological polar surface area (TPSA) is 47.3 Å². The number of nitrogens with zero attached hydrogens (tertiary/aromatic N) is 2. The van der Waals surface area contributed by atoms with E-state index in [0.29, 0.717) is 13.0 Å². The van der Waals surface area contributed by atoms with Crippen LogP contribution in [-0.4, -0.2) is 27.9 Å². The monoisotopic (exact) mass is 400 g/mol. The maximum absolute atomic E-state index is 9.40. The van der Waals surface area contributed by atoms with Crippen LogP contribution in [0.25, 0.3) is 11.0 Å². The number of aryl methyl sites for hydroxylation is 5. The van der Waals surface area contributed by atoms with E-state index in [1.807, 2.05) is 26.0 Å². The van der Waals surface area contributed by atoms with E-state index in [1.165, 1.54) is 11.1 Å². The van der Waals surface area contributed by atoms with Crippen molar-refractivity contribution in [1.29, 1.82) is 0 Å². The number of rotatable bonds is 8. The molecule has 5 heteroatoms. The van der Waals surface area contributed by atoms with E-state index in [1.54, 1.807) is 0 Å². The summed E-state index contributed by atoms with van der Waals surface area (Å²) in [6, 6.07) is 8.32. The summed E-state index contributed by atoms with van der Waals surface area (Å²) in [6.07, 6.45) is 2.51. The molecule has 0 bridgehead atoms. The molecule has 3 aromatic rings. The molecule has 150 valence electrons. The summed E-state index contributed by atoms with van der Waals surface area (Å²) in [5.74, 6) is 1.83. The third kappa shape index (κ3) is 4.50. The van der Waals surface area contributed by atoms with Gasteiger partial charge in [0.05, 0.1) is 24.2 Å². The Morgan fingerprint density at radius 3 is 2.32 bits per heavy atom. The molecule has 0 saturated carbocycles. The molecule has 3 rings (SSSR count). The molecule has 0 atom stereocenters. The number of benzene rings is 2. The van der Waals surface area contributed by atoms with Gasteiger partial charge in [0.15, 0.2) is 0 Å². The summed E-state index contributed by atoms with van der Waals surface area (Å²) >= 11 is 6.22. The van der Waals surface area contributed by atoms with Crippen molar-refractivity contribution >= 4 is 22.6 Å². The Balaban J connectivity index is 1.63. The fraction of sp³-hybridized carbons (Fsp3) is 0.435. The molecule has 0 radical (unpaired) electrons. The number of unbranched alkanes of at least 4 members (excludes halogenated alkanes) is 1. The van der Waals surface area contributed by atoms with E-state index in [4.69, 9.17) is 21.3 Å². The Hall–Kier alpha value is -2.04. The van der Waals surface area contributed by atoms with Crippen LogP contribution in [0.4, 0.5) is 0 Å². The van der Waals surface area contributed by atoms with Crippen LogP contribution in [0.15, 0.2) is 24.3 Å². The highest BCUT2D eigenvalue weighted by Gasteiger charge is 2.12. The summed E-state index contributed by atoms with van der Waals surface area (Å²) in [6.45, 7) is 9.88. The Morgan fingerprint density at radius 2 is 1.64 bits per heavy atom. The lowest BCUT2D eigenvalue weighted by atomic mass is 10.1. The lowest BCUT2D eigenvalue weighted by Gasteiger charge is -2.12. The van der Waals surface area contributed by atoms with Gasteiger partial charge in [0.2, 0.25) is 0 Å². The van der Waals surface area contributed by atoms with E-state index < -0.39 is 0 Å². The highest BCUT2D eigenvalue weighted by molar-refractivity contribution is 6.32. The number of aliphatic hydroxyl groups excluding tert-OH is 1. The minimum atomic E-state index is 0.111.